The molecule has 0 unspecified atom stereocenters. The lowest BCUT2D eigenvalue weighted by Crippen LogP contribution is -2.15. The third kappa shape index (κ3) is 5.57. The highest BCUT2D eigenvalue weighted by atomic mass is 32.2. The van der Waals surface area contributed by atoms with E-state index < -0.39 is 10.1 Å². The molecule has 0 N–H and O–H groups in total. The molecule has 0 saturated heterocycles. The van der Waals surface area contributed by atoms with Gasteiger partial charge in [0, 0.05) is 0 Å². The Labute approximate surface area is 116 Å². The molecule has 4 heteroatoms. The van der Waals surface area contributed by atoms with Crippen LogP contribution in [0.2, 0.25) is 0 Å². The van der Waals surface area contributed by atoms with Crippen LogP contribution < -0.4 is 0 Å². The van der Waals surface area contributed by atoms with Crippen molar-refractivity contribution in [1.82, 2.24) is 0 Å². The number of allylic oxidation sites excluding steroid dienone is 1. The molecule has 3 nitrogen and oxygen atoms in total. The summed E-state index contributed by atoms with van der Waals surface area (Å²) in [4.78, 5) is 0.219. The SMILES string of the molecule is C=CCCCC[C@H](C)OS(=O)(=O)c1ccc(C)cc1. The molecule has 1 rings (SSSR count). The van der Waals surface area contributed by atoms with Crippen molar-refractivity contribution in [2.75, 3.05) is 0 Å². The number of aryl methyl sites for hydroxylation is 1. The van der Waals surface area contributed by atoms with Crippen LogP contribution >= 0.6 is 0 Å². The summed E-state index contributed by atoms with van der Waals surface area (Å²) in [6.07, 6.45) is 5.22. The molecule has 0 amide bonds. The van der Waals surface area contributed by atoms with E-state index in [1.807, 2.05) is 13.0 Å². The minimum atomic E-state index is -3.64. The van der Waals surface area contributed by atoms with Gasteiger partial charge in [-0.15, -0.1) is 6.58 Å². The van der Waals surface area contributed by atoms with E-state index in [4.69, 9.17) is 4.18 Å². The maximum absolute atomic E-state index is 12.0. The molecule has 0 saturated carbocycles. The number of benzene rings is 1. The van der Waals surface area contributed by atoms with Gasteiger partial charge in [-0.1, -0.05) is 30.2 Å². The van der Waals surface area contributed by atoms with Gasteiger partial charge < -0.3 is 0 Å². The van der Waals surface area contributed by atoms with Gasteiger partial charge in [0.05, 0.1) is 11.0 Å². The zero-order valence-corrected chi connectivity index (χ0v) is 12.4. The van der Waals surface area contributed by atoms with E-state index in [2.05, 4.69) is 6.58 Å². The summed E-state index contributed by atoms with van der Waals surface area (Å²) in [7, 11) is -3.64. The van der Waals surface area contributed by atoms with E-state index in [0.29, 0.717) is 0 Å². The van der Waals surface area contributed by atoms with Gasteiger partial charge in [-0.2, -0.15) is 8.42 Å². The summed E-state index contributed by atoms with van der Waals surface area (Å²) in [5.41, 5.74) is 1.02. The predicted octanol–water partition coefficient (Wildman–Crippen LogP) is 3.84. The highest BCUT2D eigenvalue weighted by Crippen LogP contribution is 2.17. The Morgan fingerprint density at radius 2 is 1.89 bits per heavy atom. The van der Waals surface area contributed by atoms with Crippen molar-refractivity contribution < 1.29 is 12.6 Å². The molecule has 0 aliphatic rings. The lowest BCUT2D eigenvalue weighted by molar-refractivity contribution is 0.214. The monoisotopic (exact) mass is 282 g/mol. The third-order valence-corrected chi connectivity index (χ3v) is 4.30. The summed E-state index contributed by atoms with van der Waals surface area (Å²) >= 11 is 0. The van der Waals surface area contributed by atoms with E-state index in [9.17, 15) is 8.42 Å². The van der Waals surface area contributed by atoms with E-state index in [1.165, 1.54) is 0 Å². The van der Waals surface area contributed by atoms with Crippen LogP contribution in [0.4, 0.5) is 0 Å². The van der Waals surface area contributed by atoms with Crippen molar-refractivity contribution in [3.63, 3.8) is 0 Å². The Balaban J connectivity index is 2.54. The topological polar surface area (TPSA) is 43.4 Å². The van der Waals surface area contributed by atoms with Gasteiger partial charge in [-0.25, -0.2) is 0 Å². The minimum absolute atomic E-state index is 0.219. The smallest absolute Gasteiger partial charge is 0.263 e. The van der Waals surface area contributed by atoms with Crippen LogP contribution in [0.25, 0.3) is 0 Å². The Morgan fingerprint density at radius 3 is 2.47 bits per heavy atom. The first-order valence-corrected chi connectivity index (χ1v) is 7.97. The Bertz CT molecular complexity index is 489. The molecule has 0 spiro atoms. The Morgan fingerprint density at radius 1 is 1.26 bits per heavy atom. The quantitative estimate of drug-likeness (QED) is 0.413. The molecule has 1 atom stereocenters. The standard InChI is InChI=1S/C15H22O3S/c1-4-5-6-7-8-14(3)18-19(16,17)15-11-9-13(2)10-12-15/h4,9-12,14H,1,5-8H2,2-3H3/t14-/m0/s1. The average Bonchev–Trinajstić information content (AvgIpc) is 2.34. The van der Waals surface area contributed by atoms with Gasteiger partial charge in [-0.3, -0.25) is 4.18 Å². The van der Waals surface area contributed by atoms with Crippen LogP contribution in [0, 0.1) is 6.92 Å². The summed E-state index contributed by atoms with van der Waals surface area (Å²) in [5, 5.41) is 0. The summed E-state index contributed by atoms with van der Waals surface area (Å²) in [6, 6.07) is 6.69. The third-order valence-electron chi connectivity index (χ3n) is 2.87. The second-order valence-corrected chi connectivity index (χ2v) is 6.32. The molecule has 19 heavy (non-hydrogen) atoms. The molecular formula is C15H22O3S. The van der Waals surface area contributed by atoms with Crippen LogP contribution in [0.1, 0.15) is 38.2 Å². The van der Waals surface area contributed by atoms with Crippen molar-refractivity contribution in [3.8, 4) is 0 Å². The van der Waals surface area contributed by atoms with Crippen LogP contribution in [-0.4, -0.2) is 14.5 Å². The number of hydrogen-bond donors (Lipinski definition) is 0. The zero-order valence-electron chi connectivity index (χ0n) is 11.6. The zero-order chi connectivity index (χ0) is 14.3. The first-order chi connectivity index (χ1) is 8.95. The molecule has 0 aromatic heterocycles. The van der Waals surface area contributed by atoms with E-state index >= 15 is 0 Å². The average molecular weight is 282 g/mol. The summed E-state index contributed by atoms with van der Waals surface area (Å²) in [6.45, 7) is 7.36. The molecule has 1 aromatic rings. The van der Waals surface area contributed by atoms with Gasteiger partial charge >= 0.3 is 0 Å². The maximum Gasteiger partial charge on any atom is 0.297 e. The van der Waals surface area contributed by atoms with E-state index in [-0.39, 0.29) is 11.0 Å². The van der Waals surface area contributed by atoms with E-state index in [1.54, 1.807) is 31.2 Å². The Hall–Kier alpha value is -1.13. The minimum Gasteiger partial charge on any atom is -0.263 e. The molecule has 0 bridgehead atoms. The van der Waals surface area contributed by atoms with Gasteiger partial charge in [0.15, 0.2) is 0 Å². The van der Waals surface area contributed by atoms with Gasteiger partial charge in [0.1, 0.15) is 0 Å². The van der Waals surface area contributed by atoms with Crippen LogP contribution in [-0.2, 0) is 14.3 Å². The van der Waals surface area contributed by atoms with Crippen LogP contribution in [0.5, 0.6) is 0 Å². The fourth-order valence-electron chi connectivity index (χ4n) is 1.75. The highest BCUT2D eigenvalue weighted by molar-refractivity contribution is 7.86. The van der Waals surface area contributed by atoms with Gasteiger partial charge in [0.25, 0.3) is 10.1 Å². The van der Waals surface area contributed by atoms with Gasteiger partial charge in [-0.05, 0) is 45.2 Å². The first kappa shape index (κ1) is 15.9. The Kier molecular flexibility index (Phi) is 6.25. The number of hydrogen-bond acceptors (Lipinski definition) is 3. The molecular weight excluding hydrogens is 260 g/mol. The predicted molar refractivity (Wildman–Crippen MR) is 77.6 cm³/mol. The number of unbranched alkanes of at least 4 members (excludes halogenated alkanes) is 2. The second-order valence-electron chi connectivity index (χ2n) is 4.75. The van der Waals surface area contributed by atoms with Gasteiger partial charge in [0.2, 0.25) is 0 Å². The van der Waals surface area contributed by atoms with Crippen LogP contribution in [0.3, 0.4) is 0 Å². The maximum atomic E-state index is 12.0. The molecule has 0 aliphatic heterocycles. The largest absolute Gasteiger partial charge is 0.297 e. The highest BCUT2D eigenvalue weighted by Gasteiger charge is 2.18. The summed E-state index contributed by atoms with van der Waals surface area (Å²) < 4.78 is 29.2. The molecule has 106 valence electrons. The van der Waals surface area contributed by atoms with Crippen molar-refractivity contribution in [3.05, 3.63) is 42.5 Å². The lowest BCUT2D eigenvalue weighted by atomic mass is 10.1. The fourth-order valence-corrected chi connectivity index (χ4v) is 2.85. The second kappa shape index (κ2) is 7.46. The van der Waals surface area contributed by atoms with Crippen molar-refractivity contribution in [2.24, 2.45) is 0 Å². The fraction of sp³-hybridized carbons (Fsp3) is 0.467. The molecule has 1 aromatic carbocycles. The normalized spacial score (nSPS) is 13.2. The first-order valence-electron chi connectivity index (χ1n) is 6.56. The number of rotatable bonds is 8. The lowest BCUT2D eigenvalue weighted by Gasteiger charge is -2.12. The van der Waals surface area contributed by atoms with Crippen molar-refractivity contribution >= 4 is 10.1 Å². The van der Waals surface area contributed by atoms with Crippen molar-refractivity contribution in [2.45, 2.75) is 50.5 Å². The summed E-state index contributed by atoms with van der Waals surface area (Å²) in [5.74, 6) is 0. The molecule has 0 radical (unpaired) electrons. The molecule has 0 fully saturated rings. The van der Waals surface area contributed by atoms with E-state index in [0.717, 1.165) is 31.2 Å². The van der Waals surface area contributed by atoms with Crippen LogP contribution in [0.15, 0.2) is 41.8 Å². The molecule has 0 heterocycles. The molecule has 0 aliphatic carbocycles. The van der Waals surface area contributed by atoms with Crippen molar-refractivity contribution in [1.29, 1.82) is 0 Å².